The molecule has 0 amide bonds. The first-order chi connectivity index (χ1) is 13.2. The lowest BCUT2D eigenvalue weighted by molar-refractivity contribution is 1.14. The average Bonchev–Trinajstić information content (AvgIpc) is 3.10. The van der Waals surface area contributed by atoms with Crippen LogP contribution < -0.4 is 5.32 Å². The summed E-state index contributed by atoms with van der Waals surface area (Å²) < 4.78 is 1.79. The van der Waals surface area contributed by atoms with Crippen LogP contribution in [0.4, 0.5) is 5.69 Å². The average molecular weight is 354 g/mol. The Bertz CT molecular complexity index is 1170. The van der Waals surface area contributed by atoms with E-state index in [9.17, 15) is 5.26 Å². The Morgan fingerprint density at radius 2 is 2.04 bits per heavy atom. The molecule has 0 fully saturated rings. The number of rotatable bonds is 4. The maximum Gasteiger partial charge on any atom is 0.144 e. The SMILES string of the molecule is CCNc1cnc(-c2cccc(C)n2)c(-c2ccc3ncc(C#N)n3c2)c1. The molecular weight excluding hydrogens is 336 g/mol. The third-order valence-electron chi connectivity index (χ3n) is 4.33. The summed E-state index contributed by atoms with van der Waals surface area (Å²) in [6.07, 6.45) is 5.32. The van der Waals surface area contributed by atoms with Gasteiger partial charge in [0.1, 0.15) is 17.4 Å². The van der Waals surface area contributed by atoms with Gasteiger partial charge in [0.15, 0.2) is 0 Å². The van der Waals surface area contributed by atoms with Crippen molar-refractivity contribution < 1.29 is 0 Å². The Hall–Kier alpha value is -3.72. The van der Waals surface area contributed by atoms with Gasteiger partial charge < -0.3 is 5.32 Å². The van der Waals surface area contributed by atoms with Crippen molar-refractivity contribution in [3.63, 3.8) is 0 Å². The van der Waals surface area contributed by atoms with Crippen molar-refractivity contribution in [2.75, 3.05) is 11.9 Å². The zero-order valence-corrected chi connectivity index (χ0v) is 15.1. The van der Waals surface area contributed by atoms with Crippen molar-refractivity contribution in [1.82, 2.24) is 19.4 Å². The van der Waals surface area contributed by atoms with Gasteiger partial charge in [0.2, 0.25) is 0 Å². The second-order valence-corrected chi connectivity index (χ2v) is 6.22. The van der Waals surface area contributed by atoms with Gasteiger partial charge in [-0.05, 0) is 44.2 Å². The fraction of sp³-hybridized carbons (Fsp3) is 0.143. The molecule has 0 spiro atoms. The van der Waals surface area contributed by atoms with Crippen LogP contribution in [-0.2, 0) is 0 Å². The van der Waals surface area contributed by atoms with Crippen molar-refractivity contribution >= 4 is 11.3 Å². The number of hydrogen-bond donors (Lipinski definition) is 1. The Morgan fingerprint density at radius 3 is 2.81 bits per heavy atom. The number of nitrogens with zero attached hydrogens (tertiary/aromatic N) is 5. The molecule has 1 N–H and O–H groups in total. The lowest BCUT2D eigenvalue weighted by Crippen LogP contribution is -2.00. The maximum atomic E-state index is 9.32. The Morgan fingerprint density at radius 1 is 1.15 bits per heavy atom. The van der Waals surface area contributed by atoms with Crippen LogP contribution in [0.3, 0.4) is 0 Å². The molecule has 27 heavy (non-hydrogen) atoms. The van der Waals surface area contributed by atoms with E-state index in [1.807, 2.05) is 56.6 Å². The Kier molecular flexibility index (Phi) is 4.27. The summed E-state index contributed by atoms with van der Waals surface area (Å²) >= 11 is 0. The Balaban J connectivity index is 1.94. The van der Waals surface area contributed by atoms with Crippen LogP contribution in [0.25, 0.3) is 28.2 Å². The molecule has 0 aromatic carbocycles. The molecule has 0 radical (unpaired) electrons. The molecule has 4 rings (SSSR count). The van der Waals surface area contributed by atoms with Gasteiger partial charge in [-0.1, -0.05) is 6.07 Å². The number of hydrogen-bond acceptors (Lipinski definition) is 5. The van der Waals surface area contributed by atoms with Gasteiger partial charge in [0.25, 0.3) is 0 Å². The van der Waals surface area contributed by atoms with Crippen LogP contribution in [0.5, 0.6) is 0 Å². The summed E-state index contributed by atoms with van der Waals surface area (Å²) in [5, 5.41) is 12.6. The van der Waals surface area contributed by atoms with Gasteiger partial charge in [-0.15, -0.1) is 0 Å². The number of aryl methyl sites for hydroxylation is 1. The summed E-state index contributed by atoms with van der Waals surface area (Å²) in [6, 6.07) is 14.1. The standard InChI is InChI=1S/C21H18N6/c1-3-23-16-9-18(21(25-11-16)19-6-4-5-14(2)26-19)15-7-8-20-24-12-17(10-22)27(20)13-15/h4-9,11-13,23H,3H2,1-2H3. The quantitative estimate of drug-likeness (QED) is 0.598. The van der Waals surface area contributed by atoms with Crippen LogP contribution in [0.2, 0.25) is 0 Å². The second kappa shape index (κ2) is 6.89. The van der Waals surface area contributed by atoms with E-state index in [0.717, 1.165) is 46.1 Å². The van der Waals surface area contributed by atoms with E-state index in [0.29, 0.717) is 5.69 Å². The highest BCUT2D eigenvalue weighted by atomic mass is 15.0. The molecule has 4 heterocycles. The summed E-state index contributed by atoms with van der Waals surface area (Å²) in [4.78, 5) is 13.6. The van der Waals surface area contributed by atoms with Gasteiger partial charge in [-0.2, -0.15) is 5.26 Å². The number of imidazole rings is 1. The van der Waals surface area contributed by atoms with Gasteiger partial charge in [-0.25, -0.2) is 4.98 Å². The number of fused-ring (bicyclic) bond motifs is 1. The maximum absolute atomic E-state index is 9.32. The first-order valence-corrected chi connectivity index (χ1v) is 8.75. The van der Waals surface area contributed by atoms with Gasteiger partial charge >= 0.3 is 0 Å². The van der Waals surface area contributed by atoms with E-state index in [1.54, 1.807) is 10.6 Å². The van der Waals surface area contributed by atoms with Crippen molar-refractivity contribution in [3.05, 3.63) is 66.4 Å². The number of aromatic nitrogens is 4. The van der Waals surface area contributed by atoms with Crippen molar-refractivity contribution in [3.8, 4) is 28.6 Å². The minimum atomic E-state index is 0.498. The van der Waals surface area contributed by atoms with Gasteiger partial charge in [0.05, 0.1) is 29.5 Å². The molecule has 0 aliphatic heterocycles. The molecule has 132 valence electrons. The van der Waals surface area contributed by atoms with Gasteiger partial charge in [-0.3, -0.25) is 14.4 Å². The minimum absolute atomic E-state index is 0.498. The van der Waals surface area contributed by atoms with Crippen molar-refractivity contribution in [2.45, 2.75) is 13.8 Å². The largest absolute Gasteiger partial charge is 0.384 e. The molecule has 4 aromatic heterocycles. The summed E-state index contributed by atoms with van der Waals surface area (Å²) in [5.74, 6) is 0. The molecule has 0 saturated heterocycles. The van der Waals surface area contributed by atoms with E-state index >= 15 is 0 Å². The molecule has 0 saturated carbocycles. The number of anilines is 1. The monoisotopic (exact) mass is 354 g/mol. The summed E-state index contributed by atoms with van der Waals surface area (Å²) in [5.41, 5.74) is 6.63. The van der Waals surface area contributed by atoms with Crippen LogP contribution >= 0.6 is 0 Å². The van der Waals surface area contributed by atoms with Gasteiger partial charge in [0, 0.05) is 29.6 Å². The predicted octanol–water partition coefficient (Wildman–Crippen LogP) is 4.07. The van der Waals surface area contributed by atoms with Crippen LogP contribution in [0.1, 0.15) is 18.3 Å². The molecule has 0 bridgehead atoms. The minimum Gasteiger partial charge on any atom is -0.384 e. The molecule has 0 unspecified atom stereocenters. The zero-order valence-electron chi connectivity index (χ0n) is 15.1. The van der Waals surface area contributed by atoms with E-state index in [2.05, 4.69) is 32.4 Å². The highest BCUT2D eigenvalue weighted by Gasteiger charge is 2.13. The smallest absolute Gasteiger partial charge is 0.144 e. The third-order valence-corrected chi connectivity index (χ3v) is 4.33. The van der Waals surface area contributed by atoms with E-state index in [1.165, 1.54) is 0 Å². The van der Waals surface area contributed by atoms with Crippen LogP contribution in [-0.4, -0.2) is 25.9 Å². The molecule has 0 atom stereocenters. The molecule has 6 heteroatoms. The van der Waals surface area contributed by atoms with E-state index in [-0.39, 0.29) is 0 Å². The Labute approximate surface area is 157 Å². The number of nitrogens with one attached hydrogen (secondary N) is 1. The van der Waals surface area contributed by atoms with E-state index in [4.69, 9.17) is 0 Å². The molecule has 0 aliphatic rings. The third kappa shape index (κ3) is 3.11. The first kappa shape index (κ1) is 16.7. The predicted molar refractivity (Wildman–Crippen MR) is 105 cm³/mol. The number of nitriles is 1. The lowest BCUT2D eigenvalue weighted by atomic mass is 10.0. The van der Waals surface area contributed by atoms with Crippen LogP contribution in [0.15, 0.2) is 55.0 Å². The molecule has 6 nitrogen and oxygen atoms in total. The fourth-order valence-electron chi connectivity index (χ4n) is 3.09. The lowest BCUT2D eigenvalue weighted by Gasteiger charge is -2.12. The highest BCUT2D eigenvalue weighted by Crippen LogP contribution is 2.32. The van der Waals surface area contributed by atoms with Crippen LogP contribution in [0, 0.1) is 18.3 Å². The molecular formula is C21H18N6. The topological polar surface area (TPSA) is 78.9 Å². The summed E-state index contributed by atoms with van der Waals surface area (Å²) in [6.45, 7) is 4.82. The molecule has 0 aliphatic carbocycles. The normalized spacial score (nSPS) is 10.7. The first-order valence-electron chi connectivity index (χ1n) is 8.75. The number of pyridine rings is 3. The van der Waals surface area contributed by atoms with E-state index < -0.39 is 0 Å². The highest BCUT2D eigenvalue weighted by molar-refractivity contribution is 5.81. The molecule has 4 aromatic rings. The summed E-state index contributed by atoms with van der Waals surface area (Å²) in [7, 11) is 0. The fourth-order valence-corrected chi connectivity index (χ4v) is 3.09. The second-order valence-electron chi connectivity index (χ2n) is 6.22. The van der Waals surface area contributed by atoms with Crippen molar-refractivity contribution in [1.29, 1.82) is 5.26 Å². The zero-order chi connectivity index (χ0) is 18.8. The van der Waals surface area contributed by atoms with Crippen molar-refractivity contribution in [2.24, 2.45) is 0 Å².